The Kier molecular flexibility index (Phi) is 5.53. The zero-order valence-corrected chi connectivity index (χ0v) is 17.4. The normalized spacial score (nSPS) is 11.1. The molecule has 0 aliphatic rings. The van der Waals surface area contributed by atoms with E-state index in [0.717, 1.165) is 11.3 Å². The fourth-order valence-electron chi connectivity index (χ4n) is 3.17. The third-order valence-electron chi connectivity index (χ3n) is 4.88. The maximum Gasteiger partial charge on any atom is 0.291 e. The molecule has 1 aromatic carbocycles. The summed E-state index contributed by atoms with van der Waals surface area (Å²) in [7, 11) is 0. The zero-order chi connectivity index (χ0) is 22.0. The van der Waals surface area contributed by atoms with Gasteiger partial charge in [0.1, 0.15) is 0 Å². The third kappa shape index (κ3) is 4.32. The molecule has 0 saturated heterocycles. The van der Waals surface area contributed by atoms with E-state index in [-0.39, 0.29) is 23.5 Å². The molecule has 0 radical (unpaired) electrons. The van der Waals surface area contributed by atoms with Crippen LogP contribution in [0.2, 0.25) is 0 Å². The zero-order valence-electron chi connectivity index (χ0n) is 17.4. The highest BCUT2D eigenvalue weighted by Crippen LogP contribution is 2.25. The van der Waals surface area contributed by atoms with Gasteiger partial charge >= 0.3 is 0 Å². The van der Waals surface area contributed by atoms with E-state index < -0.39 is 0 Å². The summed E-state index contributed by atoms with van der Waals surface area (Å²) in [6.07, 6.45) is 1.45. The quantitative estimate of drug-likeness (QED) is 0.479. The van der Waals surface area contributed by atoms with Gasteiger partial charge in [0.2, 0.25) is 0 Å². The molecule has 0 aliphatic heterocycles. The largest absolute Gasteiger partial charge is 0.459 e. The molecule has 2 amide bonds. The van der Waals surface area contributed by atoms with Crippen molar-refractivity contribution in [3.63, 3.8) is 0 Å². The van der Waals surface area contributed by atoms with Gasteiger partial charge in [-0.25, -0.2) is 4.98 Å². The minimum absolute atomic E-state index is 0.144. The van der Waals surface area contributed by atoms with E-state index in [2.05, 4.69) is 20.8 Å². The third-order valence-corrected chi connectivity index (χ3v) is 4.88. The van der Waals surface area contributed by atoms with Gasteiger partial charge in [-0.15, -0.1) is 0 Å². The minimum Gasteiger partial charge on any atom is -0.459 e. The summed E-state index contributed by atoms with van der Waals surface area (Å²) in [5.74, 6) is -0.163. The molecule has 3 aromatic heterocycles. The van der Waals surface area contributed by atoms with Crippen LogP contribution in [0.25, 0.3) is 11.1 Å². The van der Waals surface area contributed by atoms with Crippen molar-refractivity contribution in [3.8, 4) is 0 Å². The molecule has 0 fully saturated rings. The van der Waals surface area contributed by atoms with E-state index in [1.807, 2.05) is 26.0 Å². The van der Waals surface area contributed by atoms with Gasteiger partial charge in [0.15, 0.2) is 5.76 Å². The number of amides is 2. The lowest BCUT2D eigenvalue weighted by molar-refractivity contribution is 0.0951. The van der Waals surface area contributed by atoms with E-state index >= 15 is 0 Å². The standard InChI is InChI=1S/C23H22N4O4/c1-13(2)18-11-17(20-14(3)27-31-23(20)26-18)21(28)24-12-15-6-8-16(9-7-15)25-22(29)19-5-4-10-30-19/h4-11,13H,12H2,1-3H3,(H,24,28)(H,25,29). The number of carbonyl (C=O) groups is 2. The summed E-state index contributed by atoms with van der Waals surface area (Å²) in [6.45, 7) is 6.13. The van der Waals surface area contributed by atoms with Crippen LogP contribution in [0.4, 0.5) is 5.69 Å². The average molecular weight is 418 g/mol. The molecule has 3 heterocycles. The topological polar surface area (TPSA) is 110 Å². The van der Waals surface area contributed by atoms with Crippen molar-refractivity contribution in [2.45, 2.75) is 33.2 Å². The molecule has 158 valence electrons. The van der Waals surface area contributed by atoms with E-state index in [1.54, 1.807) is 37.3 Å². The lowest BCUT2D eigenvalue weighted by Crippen LogP contribution is -2.23. The Morgan fingerprint density at radius 1 is 1.10 bits per heavy atom. The van der Waals surface area contributed by atoms with Crippen molar-refractivity contribution >= 4 is 28.6 Å². The van der Waals surface area contributed by atoms with Gasteiger partial charge in [-0.2, -0.15) is 0 Å². The second kappa shape index (κ2) is 8.43. The highest BCUT2D eigenvalue weighted by molar-refractivity contribution is 6.06. The van der Waals surface area contributed by atoms with Crippen LogP contribution in [0, 0.1) is 6.92 Å². The van der Waals surface area contributed by atoms with Gasteiger partial charge in [0, 0.05) is 17.9 Å². The molecule has 0 atom stereocenters. The van der Waals surface area contributed by atoms with Crippen LogP contribution < -0.4 is 10.6 Å². The number of furan rings is 1. The van der Waals surface area contributed by atoms with Gasteiger partial charge in [-0.05, 0) is 48.7 Å². The van der Waals surface area contributed by atoms with E-state index in [1.165, 1.54) is 6.26 Å². The summed E-state index contributed by atoms with van der Waals surface area (Å²) in [5, 5.41) is 10.3. The first kappa shape index (κ1) is 20.3. The number of aryl methyl sites for hydroxylation is 1. The van der Waals surface area contributed by atoms with Crippen molar-refractivity contribution in [2.24, 2.45) is 0 Å². The molecule has 2 N–H and O–H groups in total. The van der Waals surface area contributed by atoms with E-state index in [9.17, 15) is 9.59 Å². The maximum absolute atomic E-state index is 12.9. The number of carbonyl (C=O) groups excluding carboxylic acids is 2. The Balaban J connectivity index is 1.45. The summed E-state index contributed by atoms with van der Waals surface area (Å²) in [6, 6.07) is 12.3. The molecular formula is C23H22N4O4. The number of hydrogen-bond donors (Lipinski definition) is 2. The molecule has 0 spiro atoms. The molecule has 0 bridgehead atoms. The van der Waals surface area contributed by atoms with Gasteiger partial charge in [-0.3, -0.25) is 9.59 Å². The Labute approximate surface area is 178 Å². The van der Waals surface area contributed by atoms with Gasteiger partial charge in [0.05, 0.1) is 22.9 Å². The number of nitrogens with zero attached hydrogens (tertiary/aromatic N) is 2. The predicted octanol–water partition coefficient (Wildman–Crippen LogP) is 4.43. The number of anilines is 1. The van der Waals surface area contributed by atoms with Crippen molar-refractivity contribution in [1.82, 2.24) is 15.5 Å². The number of pyridine rings is 1. The fraction of sp³-hybridized carbons (Fsp3) is 0.217. The van der Waals surface area contributed by atoms with Gasteiger partial charge in [-0.1, -0.05) is 31.1 Å². The number of nitrogens with one attached hydrogen (secondary N) is 2. The predicted molar refractivity (Wildman–Crippen MR) is 115 cm³/mol. The maximum atomic E-state index is 12.9. The van der Waals surface area contributed by atoms with Crippen LogP contribution >= 0.6 is 0 Å². The first-order valence-corrected chi connectivity index (χ1v) is 9.91. The Bertz CT molecular complexity index is 1220. The van der Waals surface area contributed by atoms with Gasteiger partial charge < -0.3 is 19.6 Å². The molecule has 31 heavy (non-hydrogen) atoms. The Morgan fingerprint density at radius 3 is 2.55 bits per heavy atom. The van der Waals surface area contributed by atoms with Crippen molar-refractivity contribution in [3.05, 3.63) is 77.0 Å². The van der Waals surface area contributed by atoms with Crippen LogP contribution in [-0.2, 0) is 6.54 Å². The number of benzene rings is 1. The van der Waals surface area contributed by atoms with Crippen LogP contribution in [0.3, 0.4) is 0 Å². The SMILES string of the molecule is Cc1noc2nc(C(C)C)cc(C(=O)NCc3ccc(NC(=O)c4ccco4)cc3)c12. The molecule has 4 aromatic rings. The first-order chi connectivity index (χ1) is 14.9. The Morgan fingerprint density at radius 2 is 1.87 bits per heavy atom. The van der Waals surface area contributed by atoms with Crippen molar-refractivity contribution in [2.75, 3.05) is 5.32 Å². The van der Waals surface area contributed by atoms with E-state index in [4.69, 9.17) is 8.94 Å². The monoisotopic (exact) mass is 418 g/mol. The Hall–Kier alpha value is -3.94. The van der Waals surface area contributed by atoms with Crippen molar-refractivity contribution in [1.29, 1.82) is 0 Å². The molecule has 0 aliphatic carbocycles. The molecule has 4 rings (SSSR count). The number of aromatic nitrogens is 2. The lowest BCUT2D eigenvalue weighted by Gasteiger charge is -2.10. The second-order valence-corrected chi connectivity index (χ2v) is 7.51. The summed E-state index contributed by atoms with van der Waals surface area (Å²) in [5.41, 5.74) is 3.78. The number of fused-ring (bicyclic) bond motifs is 1. The number of hydrogen-bond acceptors (Lipinski definition) is 6. The average Bonchev–Trinajstić information content (AvgIpc) is 3.43. The molecule has 0 unspecified atom stereocenters. The second-order valence-electron chi connectivity index (χ2n) is 7.51. The summed E-state index contributed by atoms with van der Waals surface area (Å²) >= 11 is 0. The first-order valence-electron chi connectivity index (χ1n) is 9.91. The molecule has 8 nitrogen and oxygen atoms in total. The minimum atomic E-state index is -0.321. The fourth-order valence-corrected chi connectivity index (χ4v) is 3.17. The smallest absolute Gasteiger partial charge is 0.291 e. The van der Waals surface area contributed by atoms with Crippen molar-refractivity contribution < 1.29 is 18.5 Å². The van der Waals surface area contributed by atoms with Crippen LogP contribution in [0.5, 0.6) is 0 Å². The van der Waals surface area contributed by atoms with Gasteiger partial charge in [0.25, 0.3) is 17.5 Å². The van der Waals surface area contributed by atoms with E-state index in [0.29, 0.717) is 34.6 Å². The molecule has 0 saturated carbocycles. The highest BCUT2D eigenvalue weighted by Gasteiger charge is 2.19. The summed E-state index contributed by atoms with van der Waals surface area (Å²) in [4.78, 5) is 29.4. The van der Waals surface area contributed by atoms with Crippen LogP contribution in [-0.4, -0.2) is 22.0 Å². The van der Waals surface area contributed by atoms with Crippen LogP contribution in [0.15, 0.2) is 57.7 Å². The number of rotatable bonds is 6. The summed E-state index contributed by atoms with van der Waals surface area (Å²) < 4.78 is 10.4. The van der Waals surface area contributed by atoms with Crippen LogP contribution in [0.1, 0.15) is 57.6 Å². The highest BCUT2D eigenvalue weighted by atomic mass is 16.5. The lowest BCUT2D eigenvalue weighted by atomic mass is 10.0. The molecule has 8 heteroatoms. The molecular weight excluding hydrogens is 396 g/mol.